The standard InChI is InChI=1S/C23H27F2N3O3/c1-30-12-13-31-22-21(16-4-8-26-9-5-16)28(23(22)29)19-6-10-27(11-7-19)15-17-2-3-18(24)14-20(17)25/h2-5,8-9,14,19,21-22H,6-7,10-13,15H2,1H3/t21-,22+/m0/s1. The van der Waals surface area contributed by atoms with E-state index in [4.69, 9.17) is 9.47 Å². The smallest absolute Gasteiger partial charge is 0.255 e. The van der Waals surface area contributed by atoms with Crippen molar-refractivity contribution in [3.8, 4) is 0 Å². The number of hydrogen-bond donors (Lipinski definition) is 0. The number of carbonyl (C=O) groups excluding carboxylic acids is 1. The molecule has 8 heteroatoms. The first kappa shape index (κ1) is 21.8. The lowest BCUT2D eigenvalue weighted by Crippen LogP contribution is -2.64. The topological polar surface area (TPSA) is 54.9 Å². The van der Waals surface area contributed by atoms with E-state index in [1.54, 1.807) is 19.5 Å². The summed E-state index contributed by atoms with van der Waals surface area (Å²) >= 11 is 0. The molecule has 2 aliphatic heterocycles. The SMILES string of the molecule is COCCO[C@H]1C(=O)N(C2CCN(Cc3ccc(F)cc3F)CC2)[C@H]1c1ccncc1. The van der Waals surface area contributed by atoms with Crippen LogP contribution in [0.15, 0.2) is 42.7 Å². The molecule has 0 radical (unpaired) electrons. The summed E-state index contributed by atoms with van der Waals surface area (Å²) in [7, 11) is 1.60. The number of pyridine rings is 1. The maximum Gasteiger partial charge on any atom is 0.255 e. The number of rotatable bonds is 8. The lowest BCUT2D eigenvalue weighted by molar-refractivity contribution is -0.184. The van der Waals surface area contributed by atoms with Crippen molar-refractivity contribution in [2.45, 2.75) is 37.6 Å². The Bertz CT molecular complexity index is 891. The number of nitrogens with zero attached hydrogens (tertiary/aromatic N) is 3. The van der Waals surface area contributed by atoms with Crippen molar-refractivity contribution in [3.05, 3.63) is 65.5 Å². The lowest BCUT2D eigenvalue weighted by atomic mass is 9.86. The van der Waals surface area contributed by atoms with Crippen molar-refractivity contribution < 1.29 is 23.0 Å². The summed E-state index contributed by atoms with van der Waals surface area (Å²) in [5.41, 5.74) is 1.49. The van der Waals surface area contributed by atoms with Gasteiger partial charge in [0.15, 0.2) is 6.10 Å². The third-order valence-corrected chi connectivity index (χ3v) is 6.08. The first-order chi connectivity index (χ1) is 15.1. The molecular formula is C23H27F2N3O3. The van der Waals surface area contributed by atoms with Crippen LogP contribution in [0, 0.1) is 11.6 Å². The molecule has 31 heavy (non-hydrogen) atoms. The Balaban J connectivity index is 1.40. The number of benzene rings is 1. The number of hydrogen-bond acceptors (Lipinski definition) is 5. The minimum atomic E-state index is -0.569. The fourth-order valence-electron chi connectivity index (χ4n) is 4.45. The fraction of sp³-hybridized carbons (Fsp3) is 0.478. The van der Waals surface area contributed by atoms with Gasteiger partial charge in [-0.1, -0.05) is 6.07 Å². The molecule has 0 N–H and O–H groups in total. The molecule has 2 saturated heterocycles. The molecule has 2 atom stereocenters. The Morgan fingerprint density at radius 3 is 2.52 bits per heavy atom. The minimum Gasteiger partial charge on any atom is -0.382 e. The van der Waals surface area contributed by atoms with Crippen molar-refractivity contribution in [1.82, 2.24) is 14.8 Å². The first-order valence-corrected chi connectivity index (χ1v) is 10.6. The highest BCUT2D eigenvalue weighted by Gasteiger charge is 2.52. The number of ether oxygens (including phenoxy) is 2. The van der Waals surface area contributed by atoms with Crippen molar-refractivity contribution >= 4 is 5.91 Å². The largest absolute Gasteiger partial charge is 0.382 e. The van der Waals surface area contributed by atoms with E-state index in [2.05, 4.69) is 9.88 Å². The third-order valence-electron chi connectivity index (χ3n) is 6.08. The van der Waals surface area contributed by atoms with Crippen LogP contribution < -0.4 is 0 Å². The molecule has 2 aromatic rings. The van der Waals surface area contributed by atoms with Gasteiger partial charge in [0.05, 0.1) is 19.3 Å². The van der Waals surface area contributed by atoms with Gasteiger partial charge in [0.25, 0.3) is 5.91 Å². The molecular weight excluding hydrogens is 404 g/mol. The number of β-lactam (4-membered cyclic amide) rings is 1. The van der Waals surface area contributed by atoms with E-state index >= 15 is 0 Å². The highest BCUT2D eigenvalue weighted by Crippen LogP contribution is 2.40. The van der Waals surface area contributed by atoms with Gasteiger partial charge in [0.1, 0.15) is 11.6 Å². The molecule has 1 amide bonds. The second-order valence-corrected chi connectivity index (χ2v) is 8.00. The van der Waals surface area contributed by atoms with E-state index in [0.717, 1.165) is 37.6 Å². The lowest BCUT2D eigenvalue weighted by Gasteiger charge is -2.52. The number of aromatic nitrogens is 1. The van der Waals surface area contributed by atoms with Crippen molar-refractivity contribution in [2.75, 3.05) is 33.4 Å². The number of halogens is 2. The highest BCUT2D eigenvalue weighted by molar-refractivity contribution is 5.89. The normalized spacial score (nSPS) is 22.5. The van der Waals surface area contributed by atoms with E-state index < -0.39 is 17.7 Å². The molecule has 6 nitrogen and oxygen atoms in total. The van der Waals surface area contributed by atoms with Crippen LogP contribution in [0.5, 0.6) is 0 Å². The molecule has 2 aliphatic rings. The van der Waals surface area contributed by atoms with Gasteiger partial charge in [0, 0.05) is 56.8 Å². The monoisotopic (exact) mass is 431 g/mol. The quantitative estimate of drug-likeness (QED) is 0.475. The van der Waals surface area contributed by atoms with Crippen LogP contribution in [0.1, 0.15) is 30.0 Å². The summed E-state index contributed by atoms with van der Waals surface area (Å²) in [6.45, 7) is 2.71. The van der Waals surface area contributed by atoms with Crippen LogP contribution in [-0.4, -0.2) is 66.2 Å². The molecule has 3 heterocycles. The molecule has 1 aromatic carbocycles. The maximum atomic E-state index is 14.0. The molecule has 166 valence electrons. The van der Waals surface area contributed by atoms with Gasteiger partial charge in [-0.2, -0.15) is 0 Å². The molecule has 0 spiro atoms. The van der Waals surface area contributed by atoms with Crippen LogP contribution in [0.3, 0.4) is 0 Å². The van der Waals surface area contributed by atoms with Crippen LogP contribution in [0.2, 0.25) is 0 Å². The molecule has 0 unspecified atom stereocenters. The second-order valence-electron chi connectivity index (χ2n) is 8.00. The Morgan fingerprint density at radius 2 is 1.84 bits per heavy atom. The van der Waals surface area contributed by atoms with E-state index in [0.29, 0.717) is 25.3 Å². The average molecular weight is 431 g/mol. The van der Waals surface area contributed by atoms with Crippen molar-refractivity contribution in [3.63, 3.8) is 0 Å². The van der Waals surface area contributed by atoms with Crippen LogP contribution in [0.4, 0.5) is 8.78 Å². The second kappa shape index (κ2) is 9.80. The van der Waals surface area contributed by atoms with Crippen LogP contribution in [0.25, 0.3) is 0 Å². The zero-order valence-electron chi connectivity index (χ0n) is 17.5. The number of piperidine rings is 1. The summed E-state index contributed by atoms with van der Waals surface area (Å²) in [4.78, 5) is 21.1. The van der Waals surface area contributed by atoms with Gasteiger partial charge in [0.2, 0.25) is 0 Å². The third kappa shape index (κ3) is 4.76. The van der Waals surface area contributed by atoms with E-state index in [-0.39, 0.29) is 18.0 Å². The first-order valence-electron chi connectivity index (χ1n) is 10.6. The fourth-order valence-corrected chi connectivity index (χ4v) is 4.45. The molecule has 4 rings (SSSR count). The molecule has 2 fully saturated rings. The number of amides is 1. The number of carbonyl (C=O) groups is 1. The van der Waals surface area contributed by atoms with Gasteiger partial charge in [-0.05, 0) is 36.6 Å². The summed E-state index contributed by atoms with van der Waals surface area (Å²) in [6.07, 6.45) is 4.52. The molecule has 0 saturated carbocycles. The number of methoxy groups -OCH3 is 1. The van der Waals surface area contributed by atoms with Gasteiger partial charge in [-0.3, -0.25) is 14.7 Å². The summed E-state index contributed by atoms with van der Waals surface area (Å²) in [6, 6.07) is 7.50. The van der Waals surface area contributed by atoms with Gasteiger partial charge >= 0.3 is 0 Å². The average Bonchev–Trinajstić information content (AvgIpc) is 2.78. The minimum absolute atomic E-state index is 0.000874. The number of likely N-dealkylation sites (tertiary alicyclic amines) is 2. The van der Waals surface area contributed by atoms with Crippen molar-refractivity contribution in [2.24, 2.45) is 0 Å². The summed E-state index contributed by atoms with van der Waals surface area (Å²) in [5, 5.41) is 0. The van der Waals surface area contributed by atoms with Gasteiger partial charge in [-0.15, -0.1) is 0 Å². The van der Waals surface area contributed by atoms with Gasteiger partial charge in [-0.25, -0.2) is 8.78 Å². The Labute approximate surface area is 180 Å². The molecule has 1 aromatic heterocycles. The summed E-state index contributed by atoms with van der Waals surface area (Å²) < 4.78 is 38.0. The predicted molar refractivity (Wildman–Crippen MR) is 110 cm³/mol. The van der Waals surface area contributed by atoms with E-state index in [1.807, 2.05) is 17.0 Å². The maximum absolute atomic E-state index is 14.0. The predicted octanol–water partition coefficient (Wildman–Crippen LogP) is 2.94. The van der Waals surface area contributed by atoms with E-state index in [9.17, 15) is 13.6 Å². The summed E-state index contributed by atoms with van der Waals surface area (Å²) in [5.74, 6) is -1.09. The van der Waals surface area contributed by atoms with Crippen LogP contribution in [-0.2, 0) is 20.8 Å². The molecule has 0 bridgehead atoms. The Morgan fingerprint density at radius 1 is 1.10 bits per heavy atom. The van der Waals surface area contributed by atoms with Gasteiger partial charge < -0.3 is 14.4 Å². The zero-order valence-corrected chi connectivity index (χ0v) is 17.5. The van der Waals surface area contributed by atoms with Crippen LogP contribution >= 0.6 is 0 Å². The highest BCUT2D eigenvalue weighted by atomic mass is 19.1. The Kier molecular flexibility index (Phi) is 6.89. The zero-order chi connectivity index (χ0) is 21.8. The Hall–Kier alpha value is -2.42. The van der Waals surface area contributed by atoms with Crippen molar-refractivity contribution in [1.29, 1.82) is 0 Å². The molecule has 0 aliphatic carbocycles. The van der Waals surface area contributed by atoms with E-state index in [1.165, 1.54) is 12.1 Å².